The van der Waals surface area contributed by atoms with E-state index < -0.39 is 18.3 Å². The first-order chi connectivity index (χ1) is 16.9. The van der Waals surface area contributed by atoms with Gasteiger partial charge in [0.05, 0.1) is 22.2 Å². The van der Waals surface area contributed by atoms with Crippen LogP contribution in [0.25, 0.3) is 49.4 Å². The fourth-order valence-electron chi connectivity index (χ4n) is 5.41. The van der Waals surface area contributed by atoms with Gasteiger partial charge in [-0.2, -0.15) is 0 Å². The van der Waals surface area contributed by atoms with Crippen LogP contribution >= 0.6 is 0 Å². The molecule has 0 saturated carbocycles. The molecule has 2 aromatic heterocycles. The number of nitrogens with zero attached hydrogens (tertiary/aromatic N) is 1. The van der Waals surface area contributed by atoms with Gasteiger partial charge >= 0.3 is 7.12 Å². The van der Waals surface area contributed by atoms with Crippen LogP contribution in [0.3, 0.4) is 0 Å². The Morgan fingerprint density at radius 3 is 1.77 bits per heavy atom. The van der Waals surface area contributed by atoms with Crippen LogP contribution in [0.2, 0.25) is 0 Å². The molecule has 7 rings (SSSR count). The summed E-state index contributed by atoms with van der Waals surface area (Å²) in [7, 11) is -0.542. The number of fused-ring (bicyclic) bond motifs is 6. The van der Waals surface area contributed by atoms with Crippen molar-refractivity contribution in [3.05, 3.63) is 84.9 Å². The van der Waals surface area contributed by atoms with Crippen LogP contribution in [0.1, 0.15) is 27.7 Å². The molecule has 0 N–H and O–H groups in total. The van der Waals surface area contributed by atoms with Crippen LogP contribution < -0.4 is 5.46 Å². The average molecular weight is 459 g/mol. The van der Waals surface area contributed by atoms with Gasteiger partial charge in [-0.3, -0.25) is 0 Å². The molecule has 6 aromatic rings. The molecule has 4 nitrogen and oxygen atoms in total. The summed E-state index contributed by atoms with van der Waals surface area (Å²) in [5, 5.41) is 4.55. The Morgan fingerprint density at radius 1 is 0.600 bits per heavy atom. The lowest BCUT2D eigenvalue weighted by atomic mass is 9.75. The van der Waals surface area contributed by atoms with Gasteiger partial charge in [0.25, 0.3) is 0 Å². The smallest absolute Gasteiger partial charge is 0.456 e. The second-order valence-electron chi connectivity index (χ2n) is 10.4. The molecule has 0 atom stereocenters. The van der Waals surface area contributed by atoms with E-state index in [1.165, 1.54) is 10.8 Å². The van der Waals surface area contributed by atoms with Gasteiger partial charge in [0.1, 0.15) is 11.2 Å². The zero-order valence-corrected chi connectivity index (χ0v) is 20.3. The van der Waals surface area contributed by atoms with Crippen LogP contribution in [-0.2, 0) is 9.31 Å². The van der Waals surface area contributed by atoms with Crippen LogP contribution in [-0.4, -0.2) is 22.9 Å². The molecular weight excluding hydrogens is 433 g/mol. The molecule has 35 heavy (non-hydrogen) atoms. The maximum Gasteiger partial charge on any atom is 0.497 e. The van der Waals surface area contributed by atoms with Crippen molar-refractivity contribution in [3.8, 4) is 5.69 Å². The lowest BCUT2D eigenvalue weighted by molar-refractivity contribution is 0.00578. The maximum absolute atomic E-state index is 6.66. The number of para-hydroxylation sites is 3. The lowest BCUT2D eigenvalue weighted by Crippen LogP contribution is -2.41. The molecule has 172 valence electrons. The third-order valence-corrected chi connectivity index (χ3v) is 7.87. The summed E-state index contributed by atoms with van der Waals surface area (Å²) < 4.78 is 21.9. The van der Waals surface area contributed by atoms with Crippen LogP contribution in [0.4, 0.5) is 0 Å². The molecule has 1 aliphatic rings. The number of benzene rings is 4. The first-order valence-electron chi connectivity index (χ1n) is 12.1. The molecule has 0 aliphatic carbocycles. The molecule has 0 amide bonds. The summed E-state index contributed by atoms with van der Waals surface area (Å²) in [6.45, 7) is 8.39. The van der Waals surface area contributed by atoms with Crippen molar-refractivity contribution in [1.82, 2.24) is 4.57 Å². The highest BCUT2D eigenvalue weighted by molar-refractivity contribution is 6.67. The van der Waals surface area contributed by atoms with Crippen molar-refractivity contribution in [2.45, 2.75) is 38.9 Å². The van der Waals surface area contributed by atoms with Crippen molar-refractivity contribution >= 4 is 56.3 Å². The van der Waals surface area contributed by atoms with E-state index in [1.807, 2.05) is 12.1 Å². The quantitative estimate of drug-likeness (QED) is 0.262. The summed E-state index contributed by atoms with van der Waals surface area (Å²) in [5.74, 6) is 0. The summed E-state index contributed by atoms with van der Waals surface area (Å²) in [5.41, 5.74) is 5.12. The molecule has 3 heterocycles. The topological polar surface area (TPSA) is 36.5 Å². The molecule has 0 unspecified atom stereocenters. The largest absolute Gasteiger partial charge is 0.497 e. The Hall–Kier alpha value is -3.54. The van der Waals surface area contributed by atoms with E-state index in [9.17, 15) is 0 Å². The van der Waals surface area contributed by atoms with Gasteiger partial charge in [-0.05, 0) is 58.0 Å². The van der Waals surface area contributed by atoms with E-state index in [4.69, 9.17) is 13.7 Å². The molecule has 4 aromatic carbocycles. The summed E-state index contributed by atoms with van der Waals surface area (Å²) in [6.07, 6.45) is 0. The maximum atomic E-state index is 6.66. The fraction of sp³-hybridized carbons (Fsp3) is 0.200. The van der Waals surface area contributed by atoms with Crippen molar-refractivity contribution < 1.29 is 13.7 Å². The minimum absolute atomic E-state index is 0.461. The highest BCUT2D eigenvalue weighted by atomic mass is 16.7. The first-order valence-corrected chi connectivity index (χ1v) is 12.1. The Labute approximate surface area is 204 Å². The third-order valence-electron chi connectivity index (χ3n) is 7.87. The van der Waals surface area contributed by atoms with Crippen molar-refractivity contribution in [1.29, 1.82) is 0 Å². The monoisotopic (exact) mass is 459 g/mol. The van der Waals surface area contributed by atoms with Crippen LogP contribution in [0.5, 0.6) is 0 Å². The predicted molar refractivity (Wildman–Crippen MR) is 144 cm³/mol. The number of rotatable bonds is 2. The van der Waals surface area contributed by atoms with Crippen molar-refractivity contribution in [2.24, 2.45) is 0 Å². The standard InChI is InChI=1S/C30H26BNO3/c1-29(2)30(3,4)35-31(34-29)28-24(17-18-26-27(28)21-13-7-10-16-25(21)33-26)32-22-14-8-5-11-19(22)20-12-6-9-15-23(20)32/h5-18H,1-4H3. The zero-order valence-electron chi connectivity index (χ0n) is 20.3. The Kier molecular flexibility index (Phi) is 4.16. The normalized spacial score (nSPS) is 17.3. The number of hydrogen-bond donors (Lipinski definition) is 0. The van der Waals surface area contributed by atoms with Gasteiger partial charge < -0.3 is 18.3 Å². The van der Waals surface area contributed by atoms with E-state index in [0.29, 0.717) is 0 Å². The molecule has 1 fully saturated rings. The third kappa shape index (κ3) is 2.83. The predicted octanol–water partition coefficient (Wildman–Crippen LogP) is 6.98. The molecule has 0 radical (unpaired) electrons. The minimum Gasteiger partial charge on any atom is -0.456 e. The average Bonchev–Trinajstić information content (AvgIpc) is 3.45. The molecule has 1 saturated heterocycles. The van der Waals surface area contributed by atoms with E-state index in [-0.39, 0.29) is 0 Å². The van der Waals surface area contributed by atoms with Gasteiger partial charge in [-0.1, -0.05) is 54.6 Å². The molecule has 0 bridgehead atoms. The molecule has 5 heteroatoms. The summed E-state index contributed by atoms with van der Waals surface area (Å²) in [4.78, 5) is 0. The fourth-order valence-corrected chi connectivity index (χ4v) is 5.41. The van der Waals surface area contributed by atoms with E-state index in [2.05, 4.69) is 105 Å². The minimum atomic E-state index is -0.542. The van der Waals surface area contributed by atoms with Crippen LogP contribution in [0, 0.1) is 0 Å². The second-order valence-corrected chi connectivity index (χ2v) is 10.4. The number of aromatic nitrogens is 1. The Balaban J connectivity index is 1.64. The summed E-state index contributed by atoms with van der Waals surface area (Å²) in [6, 6.07) is 29.5. The zero-order chi connectivity index (χ0) is 23.9. The number of hydrogen-bond acceptors (Lipinski definition) is 3. The summed E-state index contributed by atoms with van der Waals surface area (Å²) >= 11 is 0. The van der Waals surface area contributed by atoms with E-state index >= 15 is 0 Å². The van der Waals surface area contributed by atoms with Crippen molar-refractivity contribution in [3.63, 3.8) is 0 Å². The molecule has 1 aliphatic heterocycles. The Morgan fingerprint density at radius 2 is 1.14 bits per heavy atom. The first kappa shape index (κ1) is 20.8. The van der Waals surface area contributed by atoms with Gasteiger partial charge in [-0.15, -0.1) is 0 Å². The highest BCUT2D eigenvalue weighted by Crippen LogP contribution is 2.40. The van der Waals surface area contributed by atoms with E-state index in [1.54, 1.807) is 0 Å². The lowest BCUT2D eigenvalue weighted by Gasteiger charge is -2.32. The molecular formula is C30H26BNO3. The Bertz CT molecular complexity index is 1710. The second kappa shape index (κ2) is 7.00. The van der Waals surface area contributed by atoms with Gasteiger partial charge in [0.2, 0.25) is 0 Å². The van der Waals surface area contributed by atoms with E-state index in [0.717, 1.165) is 44.1 Å². The van der Waals surface area contributed by atoms with Crippen LogP contribution in [0.15, 0.2) is 89.3 Å². The van der Waals surface area contributed by atoms with Gasteiger partial charge in [0.15, 0.2) is 0 Å². The van der Waals surface area contributed by atoms with Crippen molar-refractivity contribution in [2.75, 3.05) is 0 Å². The number of furan rings is 1. The van der Waals surface area contributed by atoms with Gasteiger partial charge in [-0.25, -0.2) is 0 Å². The highest BCUT2D eigenvalue weighted by Gasteiger charge is 2.53. The SMILES string of the molecule is CC1(C)OB(c2c(-n3c4ccccc4c4ccccc43)ccc3oc4ccccc4c23)OC1(C)C. The van der Waals surface area contributed by atoms with Gasteiger partial charge in [0, 0.05) is 32.7 Å². The molecule has 0 spiro atoms.